The summed E-state index contributed by atoms with van der Waals surface area (Å²) in [6.07, 6.45) is 0. The van der Waals surface area contributed by atoms with Crippen LogP contribution in [-0.4, -0.2) is 19.1 Å². The van der Waals surface area contributed by atoms with Gasteiger partial charge in [0.25, 0.3) is 0 Å². The van der Waals surface area contributed by atoms with E-state index in [4.69, 9.17) is 16.9 Å². The highest BCUT2D eigenvalue weighted by atomic mass is 35.5. The molecule has 0 fully saturated rings. The van der Waals surface area contributed by atoms with Crippen molar-refractivity contribution in [3.63, 3.8) is 0 Å². The monoisotopic (exact) mass is 237 g/mol. The number of halogens is 1. The highest BCUT2D eigenvalue weighted by Gasteiger charge is 2.12. The minimum atomic E-state index is -0.512. The Morgan fingerprint density at radius 1 is 1.50 bits per heavy atom. The smallest absolute Gasteiger partial charge is 0.322 e. The third kappa shape index (κ3) is 3.14. The number of carbonyl (C=O) groups excluding carboxylic acids is 1. The average molecular weight is 238 g/mol. The Hall–Kier alpha value is -1.73. The predicted molar refractivity (Wildman–Crippen MR) is 63.5 cm³/mol. The predicted octanol–water partition coefficient (Wildman–Crippen LogP) is 2.40. The van der Waals surface area contributed by atoms with Crippen molar-refractivity contribution in [3.05, 3.63) is 29.3 Å². The molecule has 0 aromatic heterocycles. The highest BCUT2D eigenvalue weighted by molar-refractivity contribution is 6.30. The first-order chi connectivity index (χ1) is 7.54. The van der Waals surface area contributed by atoms with Gasteiger partial charge >= 0.3 is 6.03 Å². The van der Waals surface area contributed by atoms with E-state index in [0.29, 0.717) is 10.7 Å². The lowest BCUT2D eigenvalue weighted by Crippen LogP contribution is -2.41. The molecule has 5 heteroatoms. The first-order valence-electron chi connectivity index (χ1n) is 4.74. The van der Waals surface area contributed by atoms with E-state index in [-0.39, 0.29) is 6.03 Å². The molecule has 0 aliphatic heterocycles. The topological polar surface area (TPSA) is 56.1 Å². The van der Waals surface area contributed by atoms with Crippen LogP contribution in [0.25, 0.3) is 0 Å². The van der Waals surface area contributed by atoms with Gasteiger partial charge in [-0.25, -0.2) is 4.79 Å². The van der Waals surface area contributed by atoms with E-state index in [1.54, 1.807) is 38.2 Å². The summed E-state index contributed by atoms with van der Waals surface area (Å²) >= 11 is 5.74. The lowest BCUT2D eigenvalue weighted by Gasteiger charge is -2.18. The van der Waals surface area contributed by atoms with Gasteiger partial charge in [-0.05, 0) is 31.2 Å². The molecule has 1 atom stereocenters. The van der Waals surface area contributed by atoms with E-state index in [2.05, 4.69) is 5.32 Å². The normalized spacial score (nSPS) is 11.4. The maximum atomic E-state index is 11.6. The van der Waals surface area contributed by atoms with Gasteiger partial charge in [-0.2, -0.15) is 5.26 Å². The van der Waals surface area contributed by atoms with E-state index < -0.39 is 6.04 Å². The fourth-order valence-electron chi connectivity index (χ4n) is 1.10. The molecule has 84 valence electrons. The number of nitrogens with zero attached hydrogens (tertiary/aromatic N) is 2. The van der Waals surface area contributed by atoms with Gasteiger partial charge in [0.05, 0.1) is 6.07 Å². The Bertz CT molecular complexity index is 410. The fourth-order valence-corrected chi connectivity index (χ4v) is 1.22. The standard InChI is InChI=1S/C11H12ClN3O/c1-8(7-13)14-11(16)15(2)10-5-3-9(12)4-6-10/h3-6,8H,1-2H3,(H,14,16)/t8-/m0/s1. The summed E-state index contributed by atoms with van der Waals surface area (Å²) in [6, 6.07) is 7.97. The minimum Gasteiger partial charge on any atom is -0.322 e. The molecule has 0 heterocycles. The number of hydrogen-bond acceptors (Lipinski definition) is 2. The van der Waals surface area contributed by atoms with E-state index in [1.165, 1.54) is 4.90 Å². The molecule has 4 nitrogen and oxygen atoms in total. The minimum absolute atomic E-state index is 0.323. The van der Waals surface area contributed by atoms with Crippen LogP contribution < -0.4 is 10.2 Å². The number of anilines is 1. The van der Waals surface area contributed by atoms with Crippen LogP contribution in [0, 0.1) is 11.3 Å². The summed E-state index contributed by atoms with van der Waals surface area (Å²) in [6.45, 7) is 1.62. The fraction of sp³-hybridized carbons (Fsp3) is 0.273. The number of nitrogens with one attached hydrogen (secondary N) is 1. The Kier molecular flexibility index (Phi) is 4.15. The molecular weight excluding hydrogens is 226 g/mol. The van der Waals surface area contributed by atoms with Crippen molar-refractivity contribution in [2.75, 3.05) is 11.9 Å². The zero-order valence-corrected chi connectivity index (χ0v) is 9.82. The summed E-state index contributed by atoms with van der Waals surface area (Å²) in [4.78, 5) is 13.0. The molecule has 1 N–H and O–H groups in total. The van der Waals surface area contributed by atoms with Crippen molar-refractivity contribution in [1.82, 2.24) is 5.32 Å². The van der Waals surface area contributed by atoms with E-state index in [1.807, 2.05) is 6.07 Å². The van der Waals surface area contributed by atoms with Crippen LogP contribution in [0.1, 0.15) is 6.92 Å². The lowest BCUT2D eigenvalue weighted by molar-refractivity contribution is 0.246. The van der Waals surface area contributed by atoms with Gasteiger partial charge in [0.1, 0.15) is 6.04 Å². The Labute approximate surface area is 99.4 Å². The molecule has 0 radical (unpaired) electrons. The summed E-state index contributed by atoms with van der Waals surface area (Å²) in [5.41, 5.74) is 0.715. The SMILES string of the molecule is C[C@@H](C#N)NC(=O)N(C)c1ccc(Cl)cc1. The van der Waals surface area contributed by atoms with Gasteiger partial charge in [-0.1, -0.05) is 11.6 Å². The number of hydrogen-bond donors (Lipinski definition) is 1. The maximum absolute atomic E-state index is 11.6. The second-order valence-corrected chi connectivity index (χ2v) is 3.77. The number of nitriles is 1. The van der Waals surface area contributed by atoms with Crippen LogP contribution in [0.2, 0.25) is 5.02 Å². The van der Waals surface area contributed by atoms with Crippen molar-refractivity contribution < 1.29 is 4.79 Å². The quantitative estimate of drug-likeness (QED) is 0.859. The van der Waals surface area contributed by atoms with Crippen LogP contribution >= 0.6 is 11.6 Å². The molecule has 1 rings (SSSR count). The van der Waals surface area contributed by atoms with E-state index in [0.717, 1.165) is 0 Å². The van der Waals surface area contributed by atoms with Crippen molar-refractivity contribution >= 4 is 23.3 Å². The molecule has 0 aliphatic carbocycles. The molecule has 0 unspecified atom stereocenters. The van der Waals surface area contributed by atoms with Crippen LogP contribution in [0.4, 0.5) is 10.5 Å². The maximum Gasteiger partial charge on any atom is 0.322 e. The third-order valence-corrected chi connectivity index (χ3v) is 2.30. The first kappa shape index (κ1) is 12.3. The van der Waals surface area contributed by atoms with Gasteiger partial charge in [0.2, 0.25) is 0 Å². The number of carbonyl (C=O) groups is 1. The molecule has 0 saturated carbocycles. The molecule has 1 aromatic carbocycles. The molecule has 0 saturated heterocycles. The first-order valence-corrected chi connectivity index (χ1v) is 5.12. The highest BCUT2D eigenvalue weighted by Crippen LogP contribution is 2.16. The summed E-state index contributed by atoms with van der Waals surface area (Å²) in [5, 5.41) is 11.7. The molecule has 0 aliphatic rings. The molecule has 2 amide bonds. The molecule has 0 spiro atoms. The Balaban J connectivity index is 2.71. The van der Waals surface area contributed by atoms with Gasteiger partial charge in [0.15, 0.2) is 0 Å². The molecule has 1 aromatic rings. The number of rotatable bonds is 2. The Morgan fingerprint density at radius 2 is 2.06 bits per heavy atom. The summed E-state index contributed by atoms with van der Waals surface area (Å²) < 4.78 is 0. The largest absolute Gasteiger partial charge is 0.322 e. The zero-order valence-electron chi connectivity index (χ0n) is 9.07. The van der Waals surface area contributed by atoms with Gasteiger partial charge in [-0.3, -0.25) is 4.90 Å². The van der Waals surface area contributed by atoms with Crippen LogP contribution in [0.3, 0.4) is 0 Å². The molecule has 0 bridgehead atoms. The third-order valence-electron chi connectivity index (χ3n) is 2.05. The Morgan fingerprint density at radius 3 is 2.56 bits per heavy atom. The van der Waals surface area contributed by atoms with Crippen molar-refractivity contribution in [3.8, 4) is 6.07 Å². The van der Waals surface area contributed by atoms with Crippen LogP contribution in [0.15, 0.2) is 24.3 Å². The van der Waals surface area contributed by atoms with E-state index >= 15 is 0 Å². The number of urea groups is 1. The van der Waals surface area contributed by atoms with Crippen LogP contribution in [0.5, 0.6) is 0 Å². The van der Waals surface area contributed by atoms with E-state index in [9.17, 15) is 4.79 Å². The number of benzene rings is 1. The summed E-state index contributed by atoms with van der Waals surface area (Å²) in [7, 11) is 1.63. The average Bonchev–Trinajstić information content (AvgIpc) is 2.28. The van der Waals surface area contributed by atoms with Gasteiger partial charge < -0.3 is 5.32 Å². The van der Waals surface area contributed by atoms with Crippen molar-refractivity contribution in [2.24, 2.45) is 0 Å². The van der Waals surface area contributed by atoms with Gasteiger partial charge in [-0.15, -0.1) is 0 Å². The number of amides is 2. The molecule has 16 heavy (non-hydrogen) atoms. The van der Waals surface area contributed by atoms with Crippen LogP contribution in [-0.2, 0) is 0 Å². The van der Waals surface area contributed by atoms with Crippen molar-refractivity contribution in [2.45, 2.75) is 13.0 Å². The second kappa shape index (κ2) is 5.38. The molecular formula is C11H12ClN3O. The van der Waals surface area contributed by atoms with Gasteiger partial charge in [0, 0.05) is 17.8 Å². The lowest BCUT2D eigenvalue weighted by atomic mass is 10.3. The summed E-state index contributed by atoms with van der Waals surface area (Å²) in [5.74, 6) is 0. The second-order valence-electron chi connectivity index (χ2n) is 3.34. The zero-order chi connectivity index (χ0) is 12.1. The van der Waals surface area contributed by atoms with Crippen molar-refractivity contribution in [1.29, 1.82) is 5.26 Å².